The van der Waals surface area contributed by atoms with Crippen LogP contribution in [0.5, 0.6) is 0 Å². The van der Waals surface area contributed by atoms with Gasteiger partial charge in [-0.1, -0.05) is 15.9 Å². The van der Waals surface area contributed by atoms with Gasteiger partial charge < -0.3 is 5.32 Å². The van der Waals surface area contributed by atoms with Crippen LogP contribution >= 0.6 is 15.9 Å². The summed E-state index contributed by atoms with van der Waals surface area (Å²) >= 11 is 3.23. The lowest BCUT2D eigenvalue weighted by Gasteiger charge is -2.36. The number of rotatable bonds is 1. The first kappa shape index (κ1) is 13.0. The topological polar surface area (TPSA) is 49.4 Å². The fraction of sp³-hybridized carbons (Fsp3) is 0.333. The average Bonchev–Trinajstić information content (AvgIpc) is 2.31. The second kappa shape index (κ2) is 4.68. The van der Waals surface area contributed by atoms with Crippen LogP contribution in [0.15, 0.2) is 22.7 Å². The van der Waals surface area contributed by atoms with E-state index in [1.807, 2.05) is 0 Å². The van der Waals surface area contributed by atoms with E-state index in [-0.39, 0.29) is 17.5 Å². The Balaban J connectivity index is 2.49. The number of halogens is 2. The van der Waals surface area contributed by atoms with Gasteiger partial charge >= 0.3 is 0 Å². The van der Waals surface area contributed by atoms with Crippen LogP contribution in [-0.2, 0) is 9.59 Å². The zero-order valence-corrected chi connectivity index (χ0v) is 11.5. The summed E-state index contributed by atoms with van der Waals surface area (Å²) in [7, 11) is 0. The molecule has 2 unspecified atom stereocenters. The van der Waals surface area contributed by atoms with E-state index >= 15 is 0 Å². The summed E-state index contributed by atoms with van der Waals surface area (Å²) in [5.74, 6) is -1.14. The molecule has 0 radical (unpaired) electrons. The molecule has 4 nitrogen and oxygen atoms in total. The summed E-state index contributed by atoms with van der Waals surface area (Å²) in [6.45, 7) is 3.15. The maximum absolute atomic E-state index is 13.8. The van der Waals surface area contributed by atoms with E-state index in [9.17, 15) is 14.0 Å². The predicted molar refractivity (Wildman–Crippen MR) is 68.7 cm³/mol. The Hall–Kier alpha value is -1.43. The number of nitrogens with zero attached hydrogens (tertiary/aromatic N) is 1. The predicted octanol–water partition coefficient (Wildman–Crippen LogP) is 1.83. The molecule has 2 atom stereocenters. The van der Waals surface area contributed by atoms with E-state index in [1.54, 1.807) is 19.9 Å². The second-order valence-electron chi connectivity index (χ2n) is 4.21. The zero-order valence-electron chi connectivity index (χ0n) is 9.91. The number of piperazine rings is 1. The van der Waals surface area contributed by atoms with Crippen LogP contribution in [0.4, 0.5) is 10.1 Å². The number of amides is 2. The fourth-order valence-electron chi connectivity index (χ4n) is 1.91. The minimum atomic E-state index is -0.725. The van der Waals surface area contributed by atoms with Crippen molar-refractivity contribution in [1.29, 1.82) is 0 Å². The maximum atomic E-state index is 13.8. The molecule has 0 spiro atoms. The first-order valence-electron chi connectivity index (χ1n) is 5.50. The average molecular weight is 315 g/mol. The Morgan fingerprint density at radius 1 is 1.33 bits per heavy atom. The molecule has 1 N–H and O–H groups in total. The summed E-state index contributed by atoms with van der Waals surface area (Å²) < 4.78 is 14.5. The molecule has 2 rings (SSSR count). The molecule has 1 aromatic carbocycles. The van der Waals surface area contributed by atoms with Crippen molar-refractivity contribution in [2.45, 2.75) is 25.9 Å². The van der Waals surface area contributed by atoms with Crippen LogP contribution in [0, 0.1) is 5.82 Å². The van der Waals surface area contributed by atoms with E-state index in [2.05, 4.69) is 21.2 Å². The summed E-state index contributed by atoms with van der Waals surface area (Å²) in [5.41, 5.74) is 0.114. The van der Waals surface area contributed by atoms with Crippen molar-refractivity contribution in [3.63, 3.8) is 0 Å². The first-order valence-corrected chi connectivity index (χ1v) is 6.29. The quantitative estimate of drug-likeness (QED) is 0.859. The van der Waals surface area contributed by atoms with Crippen molar-refractivity contribution in [3.8, 4) is 0 Å². The molecule has 1 aliphatic heterocycles. The monoisotopic (exact) mass is 314 g/mol. The number of anilines is 1. The third kappa shape index (κ3) is 2.12. The van der Waals surface area contributed by atoms with Crippen molar-refractivity contribution in [1.82, 2.24) is 5.32 Å². The van der Waals surface area contributed by atoms with Crippen molar-refractivity contribution < 1.29 is 14.0 Å². The molecule has 0 aliphatic carbocycles. The molecule has 0 bridgehead atoms. The van der Waals surface area contributed by atoms with Gasteiger partial charge in [-0.25, -0.2) is 4.39 Å². The summed E-state index contributed by atoms with van der Waals surface area (Å²) in [6.07, 6.45) is 0. The van der Waals surface area contributed by atoms with Crippen LogP contribution < -0.4 is 10.2 Å². The zero-order chi connectivity index (χ0) is 13.4. The van der Waals surface area contributed by atoms with Crippen molar-refractivity contribution in [2.24, 2.45) is 0 Å². The van der Waals surface area contributed by atoms with Gasteiger partial charge in [0.25, 0.3) is 0 Å². The lowest BCUT2D eigenvalue weighted by Crippen LogP contribution is -2.62. The van der Waals surface area contributed by atoms with Crippen LogP contribution in [0.25, 0.3) is 0 Å². The molecular formula is C12H12BrFN2O2. The first-order chi connectivity index (χ1) is 8.41. The SMILES string of the molecule is CC1NC(=O)C(C)N(c2cc(Br)ccc2F)C1=O. The molecule has 6 heteroatoms. The normalized spacial score (nSPS) is 24.1. The number of hydrogen-bond acceptors (Lipinski definition) is 2. The van der Waals surface area contributed by atoms with Crippen LogP contribution in [0.1, 0.15) is 13.8 Å². The molecular weight excluding hydrogens is 303 g/mol. The fourth-order valence-corrected chi connectivity index (χ4v) is 2.26. The van der Waals surface area contributed by atoms with Crippen molar-refractivity contribution in [3.05, 3.63) is 28.5 Å². The minimum absolute atomic E-state index is 0.114. The highest BCUT2D eigenvalue weighted by Gasteiger charge is 2.37. The molecule has 1 heterocycles. The van der Waals surface area contributed by atoms with E-state index in [1.165, 1.54) is 17.0 Å². The highest BCUT2D eigenvalue weighted by atomic mass is 79.9. The highest BCUT2D eigenvalue weighted by Crippen LogP contribution is 2.27. The summed E-state index contributed by atoms with van der Waals surface area (Å²) in [5, 5.41) is 2.55. The number of hydrogen-bond donors (Lipinski definition) is 1. The molecule has 0 aromatic heterocycles. The van der Waals surface area contributed by atoms with E-state index in [0.717, 1.165) is 0 Å². The van der Waals surface area contributed by atoms with Crippen molar-refractivity contribution >= 4 is 33.4 Å². The Kier molecular flexibility index (Phi) is 3.38. The van der Waals surface area contributed by atoms with Gasteiger partial charge in [-0.15, -0.1) is 0 Å². The van der Waals surface area contributed by atoms with E-state index in [4.69, 9.17) is 0 Å². The van der Waals surface area contributed by atoms with Crippen LogP contribution in [0.3, 0.4) is 0 Å². The molecule has 1 fully saturated rings. The van der Waals surface area contributed by atoms with Crippen molar-refractivity contribution in [2.75, 3.05) is 4.90 Å². The van der Waals surface area contributed by atoms with Crippen LogP contribution in [0.2, 0.25) is 0 Å². The Morgan fingerprint density at radius 2 is 2.00 bits per heavy atom. The third-order valence-electron chi connectivity index (χ3n) is 2.90. The Bertz CT molecular complexity index is 521. The molecule has 96 valence electrons. The van der Waals surface area contributed by atoms with Gasteiger partial charge in [-0.05, 0) is 32.0 Å². The molecule has 1 aromatic rings. The lowest BCUT2D eigenvalue weighted by atomic mass is 10.1. The standard InChI is InChI=1S/C12H12BrFN2O2/c1-6-12(18)16(7(2)11(17)15-6)10-5-8(13)3-4-9(10)14/h3-7H,1-2H3,(H,15,17). The minimum Gasteiger partial charge on any atom is -0.343 e. The van der Waals surface area contributed by atoms with Gasteiger partial charge in [0.2, 0.25) is 11.8 Å². The Morgan fingerprint density at radius 3 is 2.67 bits per heavy atom. The van der Waals surface area contributed by atoms with Gasteiger partial charge in [0, 0.05) is 4.47 Å². The molecule has 1 aliphatic rings. The number of nitrogens with one attached hydrogen (secondary N) is 1. The summed E-state index contributed by atoms with van der Waals surface area (Å²) in [4.78, 5) is 25.0. The molecule has 1 saturated heterocycles. The largest absolute Gasteiger partial charge is 0.343 e. The Labute approximate surface area is 112 Å². The van der Waals surface area contributed by atoms with Gasteiger partial charge in [0.1, 0.15) is 17.9 Å². The number of carbonyl (C=O) groups is 2. The van der Waals surface area contributed by atoms with Gasteiger partial charge in [0.15, 0.2) is 0 Å². The van der Waals surface area contributed by atoms with Gasteiger partial charge in [-0.3, -0.25) is 14.5 Å². The molecule has 2 amide bonds. The van der Waals surface area contributed by atoms with E-state index < -0.39 is 17.9 Å². The number of benzene rings is 1. The van der Waals surface area contributed by atoms with E-state index in [0.29, 0.717) is 4.47 Å². The smallest absolute Gasteiger partial charge is 0.250 e. The maximum Gasteiger partial charge on any atom is 0.250 e. The van der Waals surface area contributed by atoms with Crippen LogP contribution in [-0.4, -0.2) is 23.9 Å². The third-order valence-corrected chi connectivity index (χ3v) is 3.39. The van der Waals surface area contributed by atoms with Gasteiger partial charge in [0.05, 0.1) is 5.69 Å². The summed E-state index contributed by atoms with van der Waals surface area (Å²) in [6, 6.07) is 2.93. The molecule has 0 saturated carbocycles. The second-order valence-corrected chi connectivity index (χ2v) is 5.13. The van der Waals surface area contributed by atoms with Gasteiger partial charge in [-0.2, -0.15) is 0 Å². The lowest BCUT2D eigenvalue weighted by molar-refractivity contribution is -0.133. The molecule has 18 heavy (non-hydrogen) atoms. The number of carbonyl (C=O) groups excluding carboxylic acids is 2. The highest BCUT2D eigenvalue weighted by molar-refractivity contribution is 9.10.